The van der Waals surface area contributed by atoms with Crippen molar-refractivity contribution >= 4 is 6.03 Å². The molecule has 6 nitrogen and oxygen atoms in total. The summed E-state index contributed by atoms with van der Waals surface area (Å²) in [5, 5.41) is 6.33. The summed E-state index contributed by atoms with van der Waals surface area (Å²) < 4.78 is 5.36. The highest BCUT2D eigenvalue weighted by Gasteiger charge is 2.35. The molecule has 2 saturated heterocycles. The van der Waals surface area contributed by atoms with Crippen molar-refractivity contribution in [1.82, 2.24) is 20.4 Å². The molecule has 0 unspecified atom stereocenters. The number of nitrogens with one attached hydrogen (secondary N) is 2. The van der Waals surface area contributed by atoms with Crippen LogP contribution in [-0.4, -0.2) is 67.3 Å². The quantitative estimate of drug-likeness (QED) is 0.842. The fourth-order valence-electron chi connectivity index (χ4n) is 4.53. The molecule has 26 heavy (non-hydrogen) atoms. The van der Waals surface area contributed by atoms with E-state index in [4.69, 9.17) is 4.74 Å². The Balaban J connectivity index is 1.36. The average Bonchev–Trinajstić information content (AvgIpc) is 2.96. The van der Waals surface area contributed by atoms with E-state index in [-0.39, 0.29) is 18.1 Å². The highest BCUT2D eigenvalue weighted by atomic mass is 16.5. The summed E-state index contributed by atoms with van der Waals surface area (Å²) in [6.45, 7) is 5.45. The topological polar surface area (TPSA) is 56.8 Å². The van der Waals surface area contributed by atoms with Crippen LogP contribution in [0.4, 0.5) is 4.79 Å². The average molecular weight is 358 g/mol. The summed E-state index contributed by atoms with van der Waals surface area (Å²) in [5.41, 5.74) is 2.83. The maximum atomic E-state index is 12.4. The Hall–Kier alpha value is -1.63. The molecule has 3 aliphatic rings. The van der Waals surface area contributed by atoms with Crippen LogP contribution >= 0.6 is 0 Å². The van der Waals surface area contributed by atoms with Crippen LogP contribution in [0.5, 0.6) is 0 Å². The zero-order valence-corrected chi connectivity index (χ0v) is 15.6. The number of likely N-dealkylation sites (N-methyl/N-ethyl adjacent to an activating group) is 1. The molecule has 0 spiro atoms. The molecule has 4 rings (SSSR count). The Morgan fingerprint density at radius 1 is 1.04 bits per heavy atom. The van der Waals surface area contributed by atoms with Crippen molar-refractivity contribution in [2.24, 2.45) is 0 Å². The Morgan fingerprint density at radius 3 is 2.50 bits per heavy atom. The molecule has 2 N–H and O–H groups in total. The van der Waals surface area contributed by atoms with E-state index in [1.807, 2.05) is 0 Å². The highest BCUT2D eigenvalue weighted by molar-refractivity contribution is 5.74. The van der Waals surface area contributed by atoms with Crippen molar-refractivity contribution < 1.29 is 9.53 Å². The van der Waals surface area contributed by atoms with Gasteiger partial charge >= 0.3 is 6.03 Å². The molecule has 0 aliphatic carbocycles. The van der Waals surface area contributed by atoms with E-state index in [2.05, 4.69) is 51.7 Å². The molecule has 1 aromatic carbocycles. The number of rotatable bonds is 2. The Kier molecular flexibility index (Phi) is 5.43. The van der Waals surface area contributed by atoms with Gasteiger partial charge in [0.1, 0.15) is 0 Å². The van der Waals surface area contributed by atoms with Gasteiger partial charge in [-0.15, -0.1) is 0 Å². The summed E-state index contributed by atoms with van der Waals surface area (Å²) in [7, 11) is 2.19. The van der Waals surface area contributed by atoms with Crippen LogP contribution in [0, 0.1) is 0 Å². The first-order valence-corrected chi connectivity index (χ1v) is 9.81. The number of hydrogen-bond donors (Lipinski definition) is 2. The second kappa shape index (κ2) is 7.94. The zero-order chi connectivity index (χ0) is 17.9. The Morgan fingerprint density at radius 2 is 1.73 bits per heavy atom. The van der Waals surface area contributed by atoms with Crippen LogP contribution in [0.2, 0.25) is 0 Å². The summed E-state index contributed by atoms with van der Waals surface area (Å²) in [6.07, 6.45) is 2.84. The standard InChI is InChI=1S/C20H30N4O2/c1-23-11-15-4-2-3-5-16(15)12-24-13-18(10-19(24)14-23)22-20(25)21-17-6-8-26-9-7-17/h2-5,17-19H,6-14H2,1H3,(H2,21,22,25)/t18-,19-/m0/s1. The minimum atomic E-state index is -0.0221. The highest BCUT2D eigenvalue weighted by Crippen LogP contribution is 2.26. The normalized spacial score (nSPS) is 27.9. The van der Waals surface area contributed by atoms with E-state index in [9.17, 15) is 4.79 Å². The van der Waals surface area contributed by atoms with E-state index in [1.54, 1.807) is 0 Å². The molecule has 2 fully saturated rings. The number of carbonyl (C=O) groups excluding carboxylic acids is 1. The first-order valence-electron chi connectivity index (χ1n) is 9.81. The summed E-state index contributed by atoms with van der Waals surface area (Å²) in [5.74, 6) is 0. The molecular weight excluding hydrogens is 328 g/mol. The maximum Gasteiger partial charge on any atom is 0.315 e. The molecule has 3 aliphatic heterocycles. The molecule has 2 atom stereocenters. The fourth-order valence-corrected chi connectivity index (χ4v) is 4.53. The minimum absolute atomic E-state index is 0.0221. The number of nitrogens with zero attached hydrogens (tertiary/aromatic N) is 2. The summed E-state index contributed by atoms with van der Waals surface area (Å²) in [4.78, 5) is 17.3. The van der Waals surface area contributed by atoms with Crippen LogP contribution in [0.25, 0.3) is 0 Å². The van der Waals surface area contributed by atoms with Gasteiger partial charge in [-0.3, -0.25) is 4.90 Å². The molecule has 0 aromatic heterocycles. The second-order valence-corrected chi connectivity index (χ2v) is 7.99. The van der Waals surface area contributed by atoms with Gasteiger partial charge in [0, 0.05) is 57.5 Å². The van der Waals surface area contributed by atoms with Gasteiger partial charge in [0.15, 0.2) is 0 Å². The van der Waals surface area contributed by atoms with E-state index in [0.717, 1.165) is 58.7 Å². The van der Waals surface area contributed by atoms with Crippen LogP contribution < -0.4 is 10.6 Å². The van der Waals surface area contributed by atoms with Gasteiger partial charge in [-0.25, -0.2) is 4.79 Å². The lowest BCUT2D eigenvalue weighted by molar-refractivity contribution is 0.0799. The van der Waals surface area contributed by atoms with E-state index in [1.165, 1.54) is 11.1 Å². The molecule has 142 valence electrons. The van der Waals surface area contributed by atoms with Crippen molar-refractivity contribution in [3.63, 3.8) is 0 Å². The lowest BCUT2D eigenvalue weighted by Crippen LogP contribution is -2.48. The second-order valence-electron chi connectivity index (χ2n) is 7.99. The van der Waals surface area contributed by atoms with E-state index in [0.29, 0.717) is 6.04 Å². The molecule has 6 heteroatoms. The van der Waals surface area contributed by atoms with Crippen molar-refractivity contribution in [1.29, 1.82) is 0 Å². The van der Waals surface area contributed by atoms with Crippen LogP contribution in [0.15, 0.2) is 24.3 Å². The summed E-state index contributed by atoms with van der Waals surface area (Å²) in [6, 6.07) is 9.68. The monoisotopic (exact) mass is 358 g/mol. The Labute approximate surface area is 155 Å². The fraction of sp³-hybridized carbons (Fsp3) is 0.650. The third kappa shape index (κ3) is 4.19. The predicted molar refractivity (Wildman–Crippen MR) is 101 cm³/mol. The lowest BCUT2D eigenvalue weighted by Gasteiger charge is -2.32. The molecule has 1 aromatic rings. The Bertz CT molecular complexity index is 632. The predicted octanol–water partition coefficient (Wildman–Crippen LogP) is 1.55. The van der Waals surface area contributed by atoms with Crippen molar-refractivity contribution in [3.8, 4) is 0 Å². The van der Waals surface area contributed by atoms with Crippen molar-refractivity contribution in [2.75, 3.05) is 33.4 Å². The maximum absolute atomic E-state index is 12.4. The number of hydrogen-bond acceptors (Lipinski definition) is 4. The number of fused-ring (bicyclic) bond motifs is 2. The van der Waals surface area contributed by atoms with Gasteiger partial charge in [0.2, 0.25) is 0 Å². The molecule has 0 radical (unpaired) electrons. The summed E-state index contributed by atoms with van der Waals surface area (Å²) >= 11 is 0. The number of urea groups is 1. The molecule has 0 saturated carbocycles. The number of amides is 2. The van der Waals surface area contributed by atoms with Crippen molar-refractivity contribution in [2.45, 2.75) is 50.5 Å². The van der Waals surface area contributed by atoms with Gasteiger partial charge in [0.05, 0.1) is 0 Å². The van der Waals surface area contributed by atoms with Gasteiger partial charge in [-0.2, -0.15) is 0 Å². The number of benzene rings is 1. The minimum Gasteiger partial charge on any atom is -0.381 e. The van der Waals surface area contributed by atoms with E-state index >= 15 is 0 Å². The third-order valence-corrected chi connectivity index (χ3v) is 5.87. The smallest absolute Gasteiger partial charge is 0.315 e. The van der Waals surface area contributed by atoms with Gasteiger partial charge in [0.25, 0.3) is 0 Å². The van der Waals surface area contributed by atoms with Gasteiger partial charge in [-0.05, 0) is 37.4 Å². The van der Waals surface area contributed by atoms with Crippen LogP contribution in [-0.2, 0) is 17.8 Å². The zero-order valence-electron chi connectivity index (χ0n) is 15.6. The molecule has 2 amide bonds. The van der Waals surface area contributed by atoms with Gasteiger partial charge < -0.3 is 20.3 Å². The largest absolute Gasteiger partial charge is 0.381 e. The van der Waals surface area contributed by atoms with Crippen LogP contribution in [0.1, 0.15) is 30.4 Å². The number of ether oxygens (including phenoxy) is 1. The van der Waals surface area contributed by atoms with Crippen LogP contribution in [0.3, 0.4) is 0 Å². The van der Waals surface area contributed by atoms with E-state index < -0.39 is 0 Å². The number of carbonyl (C=O) groups is 1. The SMILES string of the molecule is CN1Cc2ccccc2CN2C[C@@H](NC(=O)NC3CCOCC3)C[C@H]2C1. The van der Waals surface area contributed by atoms with Gasteiger partial charge in [-0.1, -0.05) is 24.3 Å². The van der Waals surface area contributed by atoms with Crippen molar-refractivity contribution in [3.05, 3.63) is 35.4 Å². The molecule has 3 heterocycles. The first kappa shape index (κ1) is 17.8. The molecular formula is C20H30N4O2. The first-order chi connectivity index (χ1) is 12.7. The lowest BCUT2D eigenvalue weighted by atomic mass is 10.0. The third-order valence-electron chi connectivity index (χ3n) is 5.87. The molecule has 0 bridgehead atoms.